The van der Waals surface area contributed by atoms with E-state index in [1.807, 2.05) is 13.0 Å². The highest BCUT2D eigenvalue weighted by Gasteiger charge is 2.19. The number of hydrogen-bond donors (Lipinski definition) is 1. The summed E-state index contributed by atoms with van der Waals surface area (Å²) in [6.45, 7) is 5.37. The van der Waals surface area contributed by atoms with Gasteiger partial charge >= 0.3 is 0 Å². The van der Waals surface area contributed by atoms with Crippen LogP contribution >= 0.6 is 0 Å². The lowest BCUT2D eigenvalue weighted by atomic mass is 10.0. The average molecular weight is 241 g/mol. The minimum atomic E-state index is 0.565. The second-order valence-electron chi connectivity index (χ2n) is 5.29. The minimum absolute atomic E-state index is 0.565. The van der Waals surface area contributed by atoms with Crippen LogP contribution in [0.4, 0.5) is 5.69 Å². The van der Waals surface area contributed by atoms with E-state index in [1.165, 1.54) is 18.7 Å². The third kappa shape index (κ3) is 1.80. The van der Waals surface area contributed by atoms with E-state index >= 15 is 0 Å². The molecule has 2 heterocycles. The molecule has 1 unspecified atom stereocenters. The summed E-state index contributed by atoms with van der Waals surface area (Å²) >= 11 is 0. The van der Waals surface area contributed by atoms with Crippen molar-refractivity contribution >= 4 is 5.69 Å². The number of rotatable bonds is 1. The van der Waals surface area contributed by atoms with Crippen LogP contribution < -0.4 is 5.73 Å². The average Bonchev–Trinajstić information content (AvgIpc) is 2.78. The monoisotopic (exact) mass is 241 g/mol. The smallest absolute Gasteiger partial charge is 0.112 e. The number of aromatic nitrogens is 2. The van der Waals surface area contributed by atoms with Crippen molar-refractivity contribution in [3.05, 3.63) is 35.8 Å². The fourth-order valence-corrected chi connectivity index (χ4v) is 2.64. The molecule has 1 aromatic heterocycles. The zero-order valence-corrected chi connectivity index (χ0v) is 11.0. The van der Waals surface area contributed by atoms with Crippen molar-refractivity contribution < 1.29 is 0 Å². The number of hydrogen-bond acceptors (Lipinski definition) is 2. The predicted molar refractivity (Wildman–Crippen MR) is 74.5 cm³/mol. The lowest BCUT2D eigenvalue weighted by Gasteiger charge is -2.19. The maximum Gasteiger partial charge on any atom is 0.112 e. The first-order valence-corrected chi connectivity index (χ1v) is 6.58. The van der Waals surface area contributed by atoms with E-state index in [0.717, 1.165) is 29.1 Å². The summed E-state index contributed by atoms with van der Waals surface area (Å²) in [7, 11) is 0. The Morgan fingerprint density at radius 1 is 1.39 bits per heavy atom. The van der Waals surface area contributed by atoms with Crippen molar-refractivity contribution in [2.45, 2.75) is 39.2 Å². The summed E-state index contributed by atoms with van der Waals surface area (Å²) in [4.78, 5) is 4.78. The van der Waals surface area contributed by atoms with Gasteiger partial charge in [-0.2, -0.15) is 0 Å². The van der Waals surface area contributed by atoms with Gasteiger partial charge in [0.1, 0.15) is 5.82 Å². The molecular formula is C15H19N3. The van der Waals surface area contributed by atoms with Crippen LogP contribution in [-0.2, 0) is 6.54 Å². The number of nitrogens with zero attached hydrogens (tertiary/aromatic N) is 2. The van der Waals surface area contributed by atoms with Crippen LogP contribution in [0.25, 0.3) is 11.3 Å². The van der Waals surface area contributed by atoms with Crippen LogP contribution in [-0.4, -0.2) is 9.55 Å². The van der Waals surface area contributed by atoms with Gasteiger partial charge in [-0.3, -0.25) is 0 Å². The highest BCUT2D eigenvalue weighted by Crippen LogP contribution is 2.30. The Labute approximate surface area is 108 Å². The molecule has 2 aromatic rings. The van der Waals surface area contributed by atoms with Gasteiger partial charge in [-0.25, -0.2) is 4.98 Å². The molecular weight excluding hydrogens is 222 g/mol. The quantitative estimate of drug-likeness (QED) is 0.778. The van der Waals surface area contributed by atoms with Gasteiger partial charge in [-0.15, -0.1) is 0 Å². The van der Waals surface area contributed by atoms with Crippen molar-refractivity contribution in [1.29, 1.82) is 0 Å². The standard InChI is InChI=1S/C15H19N3/c1-10-5-6-12(8-13(10)16)14-9-18-7-3-4-11(2)15(18)17-14/h5-6,8-9,11H,3-4,7,16H2,1-2H3. The predicted octanol–water partition coefficient (Wildman–Crippen LogP) is 3.34. The molecule has 0 spiro atoms. The number of imidazole rings is 1. The second-order valence-corrected chi connectivity index (χ2v) is 5.29. The third-order valence-electron chi connectivity index (χ3n) is 3.86. The third-order valence-corrected chi connectivity index (χ3v) is 3.86. The Bertz CT molecular complexity index is 583. The minimum Gasteiger partial charge on any atom is -0.398 e. The molecule has 94 valence electrons. The number of benzene rings is 1. The molecule has 3 heteroatoms. The Balaban J connectivity index is 2.04. The molecule has 3 nitrogen and oxygen atoms in total. The number of aryl methyl sites for hydroxylation is 2. The number of nitrogens with two attached hydrogens (primary N) is 1. The molecule has 1 aromatic carbocycles. The summed E-state index contributed by atoms with van der Waals surface area (Å²) in [5, 5.41) is 0. The Morgan fingerprint density at radius 2 is 2.22 bits per heavy atom. The molecule has 0 bridgehead atoms. The Hall–Kier alpha value is -1.77. The van der Waals surface area contributed by atoms with E-state index < -0.39 is 0 Å². The van der Waals surface area contributed by atoms with E-state index in [1.54, 1.807) is 0 Å². The highest BCUT2D eigenvalue weighted by molar-refractivity contribution is 5.66. The van der Waals surface area contributed by atoms with Crippen molar-refractivity contribution in [3.8, 4) is 11.3 Å². The lowest BCUT2D eigenvalue weighted by molar-refractivity contribution is 0.463. The van der Waals surface area contributed by atoms with Gasteiger partial charge in [-0.1, -0.05) is 19.1 Å². The maximum atomic E-state index is 5.97. The van der Waals surface area contributed by atoms with Crippen LogP contribution in [0, 0.1) is 6.92 Å². The van der Waals surface area contributed by atoms with Gasteiger partial charge in [0.2, 0.25) is 0 Å². The first kappa shape index (κ1) is 11.3. The van der Waals surface area contributed by atoms with Gasteiger partial charge in [0, 0.05) is 29.9 Å². The normalized spacial score (nSPS) is 18.7. The number of fused-ring (bicyclic) bond motifs is 1. The first-order valence-electron chi connectivity index (χ1n) is 6.58. The molecule has 1 atom stereocenters. The molecule has 0 radical (unpaired) electrons. The van der Waals surface area contributed by atoms with Crippen LogP contribution in [0.5, 0.6) is 0 Å². The molecule has 0 saturated heterocycles. The van der Waals surface area contributed by atoms with E-state index in [0.29, 0.717) is 5.92 Å². The fraction of sp³-hybridized carbons (Fsp3) is 0.400. The molecule has 0 saturated carbocycles. The SMILES string of the molecule is Cc1ccc(-c2cn3c(n2)C(C)CCC3)cc1N. The summed E-state index contributed by atoms with van der Waals surface area (Å²) in [6, 6.07) is 6.19. The summed E-state index contributed by atoms with van der Waals surface area (Å²) in [5.41, 5.74) is 10.1. The summed E-state index contributed by atoms with van der Waals surface area (Å²) in [5.74, 6) is 1.78. The zero-order valence-electron chi connectivity index (χ0n) is 11.0. The van der Waals surface area contributed by atoms with Crippen molar-refractivity contribution in [3.63, 3.8) is 0 Å². The molecule has 3 rings (SSSR count). The van der Waals surface area contributed by atoms with Gasteiger partial charge < -0.3 is 10.3 Å². The largest absolute Gasteiger partial charge is 0.398 e. The molecule has 1 aliphatic heterocycles. The summed E-state index contributed by atoms with van der Waals surface area (Å²) < 4.78 is 2.29. The lowest BCUT2D eigenvalue weighted by Crippen LogP contribution is -2.12. The molecule has 2 N–H and O–H groups in total. The van der Waals surface area contributed by atoms with Gasteiger partial charge in [0.15, 0.2) is 0 Å². The number of anilines is 1. The van der Waals surface area contributed by atoms with Crippen molar-refractivity contribution in [2.24, 2.45) is 0 Å². The van der Waals surface area contributed by atoms with Gasteiger partial charge in [0.05, 0.1) is 5.69 Å². The van der Waals surface area contributed by atoms with Gasteiger partial charge in [0.25, 0.3) is 0 Å². The van der Waals surface area contributed by atoms with E-state index in [-0.39, 0.29) is 0 Å². The zero-order chi connectivity index (χ0) is 12.7. The molecule has 0 aliphatic carbocycles. The highest BCUT2D eigenvalue weighted by atomic mass is 15.1. The van der Waals surface area contributed by atoms with E-state index in [2.05, 4.69) is 29.8 Å². The van der Waals surface area contributed by atoms with Crippen LogP contribution in [0.15, 0.2) is 24.4 Å². The van der Waals surface area contributed by atoms with Crippen molar-refractivity contribution in [1.82, 2.24) is 9.55 Å². The van der Waals surface area contributed by atoms with Crippen LogP contribution in [0.1, 0.15) is 37.1 Å². The molecule has 0 amide bonds. The first-order chi connectivity index (χ1) is 8.65. The van der Waals surface area contributed by atoms with Gasteiger partial charge in [-0.05, 0) is 31.4 Å². The molecule has 1 aliphatic rings. The second kappa shape index (κ2) is 4.16. The molecule has 18 heavy (non-hydrogen) atoms. The van der Waals surface area contributed by atoms with Crippen molar-refractivity contribution in [2.75, 3.05) is 5.73 Å². The van der Waals surface area contributed by atoms with Crippen LogP contribution in [0.3, 0.4) is 0 Å². The number of nitrogen functional groups attached to an aromatic ring is 1. The summed E-state index contributed by atoms with van der Waals surface area (Å²) in [6.07, 6.45) is 4.65. The van der Waals surface area contributed by atoms with Crippen LogP contribution in [0.2, 0.25) is 0 Å². The Morgan fingerprint density at radius 3 is 2.94 bits per heavy atom. The molecule has 0 fully saturated rings. The van der Waals surface area contributed by atoms with E-state index in [4.69, 9.17) is 10.7 Å². The topological polar surface area (TPSA) is 43.8 Å². The Kier molecular flexibility index (Phi) is 2.62. The fourth-order valence-electron chi connectivity index (χ4n) is 2.64. The van der Waals surface area contributed by atoms with E-state index in [9.17, 15) is 0 Å². The maximum absolute atomic E-state index is 5.97.